The van der Waals surface area contributed by atoms with Gasteiger partial charge in [0, 0.05) is 36.5 Å². The summed E-state index contributed by atoms with van der Waals surface area (Å²) in [7, 11) is 1.54. The third-order valence-corrected chi connectivity index (χ3v) is 8.94. The Bertz CT molecular complexity index is 1800. The van der Waals surface area contributed by atoms with Gasteiger partial charge in [-0.05, 0) is 69.4 Å². The van der Waals surface area contributed by atoms with Gasteiger partial charge in [0.2, 0.25) is 0 Å². The molecule has 0 bridgehead atoms. The second kappa shape index (κ2) is 13.0. The van der Waals surface area contributed by atoms with Crippen LogP contribution in [-0.2, 0) is 9.53 Å². The van der Waals surface area contributed by atoms with Crippen LogP contribution in [-0.4, -0.2) is 48.9 Å². The molecular weight excluding hydrogens is 584 g/mol. The van der Waals surface area contributed by atoms with E-state index >= 15 is 0 Å². The Morgan fingerprint density at radius 3 is 2.55 bits per heavy atom. The van der Waals surface area contributed by atoms with Crippen LogP contribution >= 0.6 is 11.3 Å². The molecule has 0 spiro atoms. The van der Waals surface area contributed by atoms with Crippen molar-refractivity contribution in [2.24, 2.45) is 10.9 Å². The van der Waals surface area contributed by atoms with E-state index in [9.17, 15) is 19.7 Å². The van der Waals surface area contributed by atoms with Gasteiger partial charge < -0.3 is 19.1 Å². The van der Waals surface area contributed by atoms with Gasteiger partial charge >= 0.3 is 5.97 Å². The summed E-state index contributed by atoms with van der Waals surface area (Å²) in [6, 6.07) is 9.22. The molecule has 2 aliphatic rings. The quantitative estimate of drug-likeness (QED) is 0.196. The first-order chi connectivity index (χ1) is 21.2. The minimum Gasteiger partial charge on any atom is -0.493 e. The predicted molar refractivity (Wildman–Crippen MR) is 168 cm³/mol. The van der Waals surface area contributed by atoms with Crippen LogP contribution in [0.1, 0.15) is 57.7 Å². The minimum atomic E-state index is -0.842. The zero-order valence-corrected chi connectivity index (χ0v) is 26.3. The molecule has 0 N–H and O–H groups in total. The second-order valence-corrected chi connectivity index (χ2v) is 11.8. The summed E-state index contributed by atoms with van der Waals surface area (Å²) in [5.41, 5.74) is 2.30. The van der Waals surface area contributed by atoms with E-state index in [0.29, 0.717) is 50.2 Å². The summed E-state index contributed by atoms with van der Waals surface area (Å²) >= 11 is 1.18. The topological polar surface area (TPSA) is 126 Å². The fourth-order valence-corrected chi connectivity index (χ4v) is 6.73. The maximum atomic E-state index is 14.2. The van der Waals surface area contributed by atoms with Crippen molar-refractivity contribution in [2.45, 2.75) is 46.6 Å². The van der Waals surface area contributed by atoms with Crippen LogP contribution in [0, 0.1) is 16.0 Å². The summed E-state index contributed by atoms with van der Waals surface area (Å²) in [6.07, 6.45) is 3.73. The molecule has 11 nitrogen and oxygen atoms in total. The van der Waals surface area contributed by atoms with Gasteiger partial charge in [-0.3, -0.25) is 19.5 Å². The molecule has 12 heteroatoms. The summed E-state index contributed by atoms with van der Waals surface area (Å²) in [5, 5.41) is 11.7. The molecule has 1 atom stereocenters. The van der Waals surface area contributed by atoms with E-state index in [-0.39, 0.29) is 23.4 Å². The van der Waals surface area contributed by atoms with Gasteiger partial charge in [0.25, 0.3) is 11.2 Å². The first-order valence-corrected chi connectivity index (χ1v) is 15.5. The number of carbonyl (C=O) groups excluding carboxylic acids is 1. The van der Waals surface area contributed by atoms with E-state index in [1.807, 2.05) is 6.92 Å². The molecule has 0 radical (unpaired) electrons. The summed E-state index contributed by atoms with van der Waals surface area (Å²) in [4.78, 5) is 46.1. The molecular formula is C32H36N4O7S. The van der Waals surface area contributed by atoms with Gasteiger partial charge in [-0.1, -0.05) is 24.3 Å². The third kappa shape index (κ3) is 5.99. The smallest absolute Gasteiger partial charge is 0.338 e. The number of non-ortho nitro benzene ring substituents is 1. The van der Waals surface area contributed by atoms with Crippen molar-refractivity contribution in [3.8, 4) is 11.5 Å². The van der Waals surface area contributed by atoms with Crippen LogP contribution in [0.15, 0.2) is 57.5 Å². The fraction of sp³-hybridized carbons (Fsp3) is 0.406. The highest BCUT2D eigenvalue weighted by molar-refractivity contribution is 7.07. The van der Waals surface area contributed by atoms with Gasteiger partial charge in [-0.15, -0.1) is 0 Å². The van der Waals surface area contributed by atoms with Crippen molar-refractivity contribution in [1.82, 2.24) is 4.57 Å². The number of allylic oxidation sites excluding steroid dienone is 1. The van der Waals surface area contributed by atoms with Crippen molar-refractivity contribution in [3.05, 3.63) is 88.6 Å². The van der Waals surface area contributed by atoms with E-state index in [4.69, 9.17) is 14.2 Å². The lowest BCUT2D eigenvalue weighted by molar-refractivity contribution is -0.384. The number of rotatable bonds is 9. The number of aromatic nitrogens is 1. The maximum Gasteiger partial charge on any atom is 0.338 e. The Balaban J connectivity index is 1.71. The Labute approximate surface area is 258 Å². The van der Waals surface area contributed by atoms with Crippen LogP contribution in [0.2, 0.25) is 0 Å². The van der Waals surface area contributed by atoms with E-state index in [2.05, 4.69) is 16.8 Å². The number of fused-ring (bicyclic) bond motifs is 1. The monoisotopic (exact) mass is 620 g/mol. The molecule has 0 aliphatic carbocycles. The fourth-order valence-electron chi connectivity index (χ4n) is 5.69. The number of nitrogens with zero attached hydrogens (tertiary/aromatic N) is 4. The number of piperidine rings is 1. The van der Waals surface area contributed by atoms with Crippen LogP contribution in [0.4, 0.5) is 11.4 Å². The van der Waals surface area contributed by atoms with Gasteiger partial charge in [0.05, 0.1) is 47.1 Å². The lowest BCUT2D eigenvalue weighted by Gasteiger charge is -2.33. The molecule has 3 heterocycles. The highest BCUT2D eigenvalue weighted by atomic mass is 32.1. The number of hydrogen-bond donors (Lipinski definition) is 0. The summed E-state index contributed by atoms with van der Waals surface area (Å²) in [6.45, 7) is 9.71. The number of methoxy groups -OCH3 is 1. The third-order valence-electron chi connectivity index (χ3n) is 7.95. The first-order valence-electron chi connectivity index (χ1n) is 14.7. The van der Waals surface area contributed by atoms with Gasteiger partial charge in [0.15, 0.2) is 16.3 Å². The minimum absolute atomic E-state index is 0.0573. The lowest BCUT2D eigenvalue weighted by atomic mass is 9.95. The molecule has 3 aromatic rings. The van der Waals surface area contributed by atoms with Crippen LogP contribution in [0.25, 0.3) is 6.08 Å². The number of thiazole rings is 1. The zero-order chi connectivity index (χ0) is 31.5. The number of hydrogen-bond acceptors (Lipinski definition) is 10. The van der Waals surface area contributed by atoms with E-state index in [1.165, 1.54) is 28.0 Å². The lowest BCUT2D eigenvalue weighted by Crippen LogP contribution is -2.40. The molecule has 1 saturated heterocycles. The number of benzene rings is 2. The normalized spacial score (nSPS) is 17.2. The van der Waals surface area contributed by atoms with Crippen molar-refractivity contribution < 1.29 is 23.9 Å². The molecule has 2 aromatic carbocycles. The van der Waals surface area contributed by atoms with E-state index in [1.54, 1.807) is 51.3 Å². The molecule has 5 rings (SSSR count). The van der Waals surface area contributed by atoms with Crippen LogP contribution in [0.5, 0.6) is 11.5 Å². The average molecular weight is 621 g/mol. The summed E-state index contributed by atoms with van der Waals surface area (Å²) in [5.74, 6) is 1.04. The maximum absolute atomic E-state index is 14.2. The molecule has 1 aromatic heterocycles. The molecule has 0 amide bonds. The highest BCUT2D eigenvalue weighted by Crippen LogP contribution is 2.36. The standard InChI is InChI=1S/C32H36N4O7S/c1-6-42-26-17-21(8-11-25(26)41-5)29-28(31(38)43-7-2)20(4)33-32-35(29)30(37)27(44-32)18-22-16-23(36(39)40)9-10-24(22)34-14-12-19(3)13-15-34/h8-11,16-19,29H,6-7,12-15H2,1-5H3/b27-18+/t29-/m1/s1. The number of nitro groups is 1. The zero-order valence-electron chi connectivity index (χ0n) is 25.5. The molecule has 44 heavy (non-hydrogen) atoms. The Morgan fingerprint density at radius 1 is 1.14 bits per heavy atom. The SMILES string of the molecule is CCOC(=O)C1=C(C)N=c2s/c(=C/c3cc([N+](=O)[O-])ccc3N3CCC(C)CC3)c(=O)n2[C@@H]1c1ccc(OC)c(OCC)c1. The number of anilines is 1. The summed E-state index contributed by atoms with van der Waals surface area (Å²) < 4.78 is 18.5. The van der Waals surface area contributed by atoms with Gasteiger partial charge in [-0.2, -0.15) is 0 Å². The number of esters is 1. The van der Waals surface area contributed by atoms with Crippen LogP contribution in [0.3, 0.4) is 0 Å². The number of nitro benzene ring substituents is 1. The van der Waals surface area contributed by atoms with Crippen molar-refractivity contribution >= 4 is 34.8 Å². The molecule has 0 saturated carbocycles. The molecule has 0 unspecified atom stereocenters. The Hall–Kier alpha value is -4.45. The second-order valence-electron chi connectivity index (χ2n) is 10.8. The van der Waals surface area contributed by atoms with E-state index in [0.717, 1.165) is 31.6 Å². The first kappa shape index (κ1) is 31.0. The number of ether oxygens (including phenoxy) is 3. The van der Waals surface area contributed by atoms with Crippen molar-refractivity contribution in [3.63, 3.8) is 0 Å². The largest absolute Gasteiger partial charge is 0.493 e. The van der Waals surface area contributed by atoms with Crippen molar-refractivity contribution in [2.75, 3.05) is 38.3 Å². The molecule has 232 valence electrons. The number of carbonyl (C=O) groups is 1. The average Bonchev–Trinajstić information content (AvgIpc) is 3.30. The predicted octanol–water partition coefficient (Wildman–Crippen LogP) is 4.35. The highest BCUT2D eigenvalue weighted by Gasteiger charge is 2.34. The Morgan fingerprint density at radius 2 is 1.89 bits per heavy atom. The molecule has 1 fully saturated rings. The van der Waals surface area contributed by atoms with E-state index < -0.39 is 16.9 Å². The van der Waals surface area contributed by atoms with Gasteiger partial charge in [0.1, 0.15) is 0 Å². The van der Waals surface area contributed by atoms with Crippen molar-refractivity contribution in [1.29, 1.82) is 0 Å². The molecule has 2 aliphatic heterocycles. The Kier molecular flexibility index (Phi) is 9.19. The van der Waals surface area contributed by atoms with Crippen LogP contribution < -0.4 is 29.3 Å². The van der Waals surface area contributed by atoms with Gasteiger partial charge in [-0.25, -0.2) is 9.79 Å².